The Morgan fingerprint density at radius 2 is 1.97 bits per heavy atom. The smallest absolute Gasteiger partial charge is 0.245 e. The minimum absolute atomic E-state index is 0.130. The van der Waals surface area contributed by atoms with Crippen LogP contribution in [0.2, 0.25) is 0 Å². The van der Waals surface area contributed by atoms with Crippen LogP contribution in [0.3, 0.4) is 0 Å². The summed E-state index contributed by atoms with van der Waals surface area (Å²) < 4.78 is 26.2. The lowest BCUT2D eigenvalue weighted by Gasteiger charge is -2.18. The van der Waals surface area contributed by atoms with Crippen LogP contribution in [0, 0.1) is 0 Å². The Morgan fingerprint density at radius 3 is 2.82 bits per heavy atom. The van der Waals surface area contributed by atoms with Gasteiger partial charge >= 0.3 is 0 Å². The fraction of sp³-hybridized carbons (Fsp3) is 0.208. The van der Waals surface area contributed by atoms with Gasteiger partial charge in [0.2, 0.25) is 11.9 Å². The zero-order valence-electron chi connectivity index (χ0n) is 18.5. The van der Waals surface area contributed by atoms with Crippen LogP contribution in [-0.4, -0.2) is 36.3 Å². The van der Waals surface area contributed by atoms with Gasteiger partial charge in [-0.15, -0.1) is 5.10 Å². The number of anilines is 3. The van der Waals surface area contributed by atoms with Gasteiger partial charge in [-0.2, -0.15) is 0 Å². The monoisotopic (exact) mass is 475 g/mol. The van der Waals surface area contributed by atoms with E-state index in [1.165, 1.54) is 0 Å². The predicted molar refractivity (Wildman–Crippen MR) is 130 cm³/mol. The topological polar surface area (TPSA) is 115 Å². The summed E-state index contributed by atoms with van der Waals surface area (Å²) in [6, 6.07) is 17.4. The molecule has 3 heterocycles. The number of nitrogens with one attached hydrogen (secondary N) is 2. The first-order chi connectivity index (χ1) is 16.5. The van der Waals surface area contributed by atoms with E-state index < -0.39 is 11.3 Å². The van der Waals surface area contributed by atoms with Gasteiger partial charge in [0.05, 0.1) is 17.4 Å². The largest absolute Gasteiger partial charge is 0.760 e. The fourth-order valence-corrected chi connectivity index (χ4v) is 4.55. The molecule has 1 unspecified atom stereocenters. The van der Waals surface area contributed by atoms with E-state index in [2.05, 4.69) is 20.1 Å². The molecule has 10 heteroatoms. The summed E-state index contributed by atoms with van der Waals surface area (Å²) in [5.74, 6) is 0.560. The second-order valence-corrected chi connectivity index (χ2v) is 8.88. The molecule has 2 N–H and O–H groups in total. The van der Waals surface area contributed by atoms with Crippen LogP contribution in [0.15, 0.2) is 60.8 Å². The van der Waals surface area contributed by atoms with Crippen molar-refractivity contribution < 1.29 is 13.6 Å². The summed E-state index contributed by atoms with van der Waals surface area (Å²) in [5, 5.41) is 7.96. The molecule has 1 atom stereocenters. The number of aromatic nitrogens is 3. The Labute approximate surface area is 199 Å². The average molecular weight is 476 g/mol. The van der Waals surface area contributed by atoms with Gasteiger partial charge in [0.15, 0.2) is 0 Å². The third kappa shape index (κ3) is 4.43. The number of fused-ring (bicyclic) bond motifs is 2. The normalized spacial score (nSPS) is 14.6. The molecule has 9 nitrogen and oxygen atoms in total. The molecule has 1 amide bonds. The molecular formula is C24H23N6O3S-. The molecule has 0 radical (unpaired) electrons. The number of nitrogens with zero attached hydrogens (tertiary/aromatic N) is 4. The van der Waals surface area contributed by atoms with Crippen LogP contribution in [0.1, 0.15) is 24.0 Å². The summed E-state index contributed by atoms with van der Waals surface area (Å²) in [5.41, 5.74) is 6.25. The number of hydrogen-bond donors (Lipinski definition) is 2. The van der Waals surface area contributed by atoms with Crippen LogP contribution >= 0.6 is 0 Å². The molecule has 2 aromatic heterocycles. The molecule has 5 rings (SSSR count). The van der Waals surface area contributed by atoms with E-state index in [-0.39, 0.29) is 12.5 Å². The van der Waals surface area contributed by atoms with Crippen molar-refractivity contribution in [1.82, 2.24) is 19.3 Å². The van der Waals surface area contributed by atoms with Crippen molar-refractivity contribution in [2.75, 3.05) is 17.3 Å². The maximum Gasteiger partial charge on any atom is 0.245 e. The van der Waals surface area contributed by atoms with Gasteiger partial charge in [-0.25, -0.2) is 14.2 Å². The van der Waals surface area contributed by atoms with Crippen molar-refractivity contribution in [2.45, 2.75) is 25.8 Å². The zero-order valence-corrected chi connectivity index (χ0v) is 19.3. The number of rotatable bonds is 6. The van der Waals surface area contributed by atoms with Crippen LogP contribution in [0.5, 0.6) is 0 Å². The van der Waals surface area contributed by atoms with E-state index in [1.807, 2.05) is 61.6 Å². The Bertz CT molecular complexity index is 1400. The molecular weight excluding hydrogens is 452 g/mol. The van der Waals surface area contributed by atoms with Gasteiger partial charge in [-0.1, -0.05) is 24.3 Å². The lowest BCUT2D eigenvalue weighted by Crippen LogP contribution is -2.24. The highest BCUT2D eigenvalue weighted by atomic mass is 32.2. The predicted octanol–water partition coefficient (Wildman–Crippen LogP) is 3.32. The lowest BCUT2D eigenvalue weighted by molar-refractivity contribution is -0.118. The van der Waals surface area contributed by atoms with Crippen molar-refractivity contribution in [3.8, 4) is 11.3 Å². The summed E-state index contributed by atoms with van der Waals surface area (Å²) in [7, 11) is 1.81. The molecule has 0 spiro atoms. The Kier molecular flexibility index (Phi) is 6.10. The molecule has 0 bridgehead atoms. The number of carbonyl (C=O) groups is 1. The van der Waals surface area contributed by atoms with Crippen molar-refractivity contribution in [3.05, 3.63) is 71.9 Å². The summed E-state index contributed by atoms with van der Waals surface area (Å²) in [6.45, 7) is 0.182. The van der Waals surface area contributed by atoms with Crippen LogP contribution < -0.4 is 14.9 Å². The summed E-state index contributed by atoms with van der Waals surface area (Å²) in [4.78, 5) is 18.3. The first-order valence-electron chi connectivity index (χ1n) is 10.9. The summed E-state index contributed by atoms with van der Waals surface area (Å²) >= 11 is -2.35. The maximum absolute atomic E-state index is 12.2. The van der Waals surface area contributed by atoms with E-state index in [9.17, 15) is 13.6 Å². The molecule has 1 aliphatic heterocycles. The molecule has 174 valence electrons. The quantitative estimate of drug-likeness (QED) is 0.414. The average Bonchev–Trinajstić information content (AvgIpc) is 3.19. The van der Waals surface area contributed by atoms with Gasteiger partial charge in [0.1, 0.15) is 0 Å². The van der Waals surface area contributed by atoms with Gasteiger partial charge in [0.25, 0.3) is 0 Å². The van der Waals surface area contributed by atoms with Gasteiger partial charge in [-0.05, 0) is 54.3 Å². The standard InChI is InChI=1S/C24H24N6O3S/c1-29-21-11-9-18(13-16(21)6-4-8-23(29)31)27-24-25-15-19-10-12-22(30(19)28-24)20-7-3-2-5-17(20)14-26-34(32)33/h2-3,5,7,9-13,15,26H,4,6,8,14H2,1H3,(H,27,28)(H,32,33)/p-1. The highest BCUT2D eigenvalue weighted by molar-refractivity contribution is 7.77. The van der Waals surface area contributed by atoms with Crippen LogP contribution in [0.25, 0.3) is 16.8 Å². The van der Waals surface area contributed by atoms with Gasteiger partial charge in [-0.3, -0.25) is 9.00 Å². The molecule has 2 aromatic carbocycles. The van der Waals surface area contributed by atoms with E-state index in [4.69, 9.17) is 0 Å². The maximum atomic E-state index is 12.2. The van der Waals surface area contributed by atoms with Gasteiger partial charge < -0.3 is 14.8 Å². The number of amides is 1. The molecule has 0 aliphatic carbocycles. The highest BCUT2D eigenvalue weighted by Gasteiger charge is 2.19. The number of aryl methyl sites for hydroxylation is 1. The third-order valence-electron chi connectivity index (χ3n) is 5.98. The molecule has 0 saturated heterocycles. The number of benzene rings is 2. The van der Waals surface area contributed by atoms with Gasteiger partial charge in [0, 0.05) is 48.2 Å². The third-order valence-corrected chi connectivity index (χ3v) is 6.36. The zero-order chi connectivity index (χ0) is 23.7. The van der Waals surface area contributed by atoms with E-state index in [0.717, 1.165) is 52.1 Å². The molecule has 0 saturated carbocycles. The second kappa shape index (κ2) is 9.34. The second-order valence-electron chi connectivity index (χ2n) is 8.12. The summed E-state index contributed by atoms with van der Waals surface area (Å²) in [6.07, 6.45) is 3.94. The molecule has 0 fully saturated rings. The van der Waals surface area contributed by atoms with E-state index >= 15 is 0 Å². The lowest BCUT2D eigenvalue weighted by atomic mass is 10.1. The van der Waals surface area contributed by atoms with Crippen molar-refractivity contribution in [1.29, 1.82) is 0 Å². The Hall–Kier alpha value is -3.60. The number of carbonyl (C=O) groups excluding carboxylic acids is 1. The van der Waals surface area contributed by atoms with E-state index in [0.29, 0.717) is 12.4 Å². The Balaban J connectivity index is 1.46. The molecule has 1 aliphatic rings. The first-order valence-corrected chi connectivity index (χ1v) is 12.0. The Morgan fingerprint density at radius 1 is 1.12 bits per heavy atom. The first kappa shape index (κ1) is 22.2. The SMILES string of the molecule is CN1C(=O)CCCc2cc(Nc3ncc4ccc(-c5ccccc5CNS(=O)[O-])n4n3)ccc21. The van der Waals surface area contributed by atoms with Crippen molar-refractivity contribution in [2.24, 2.45) is 0 Å². The van der Waals surface area contributed by atoms with Crippen molar-refractivity contribution >= 4 is 40.0 Å². The van der Waals surface area contributed by atoms with E-state index in [1.54, 1.807) is 15.6 Å². The minimum Gasteiger partial charge on any atom is -0.760 e. The van der Waals surface area contributed by atoms with Crippen LogP contribution in [0.4, 0.5) is 17.3 Å². The molecule has 4 aromatic rings. The van der Waals surface area contributed by atoms with Crippen LogP contribution in [-0.2, 0) is 29.0 Å². The highest BCUT2D eigenvalue weighted by Crippen LogP contribution is 2.30. The number of hydrogen-bond acceptors (Lipinski definition) is 6. The minimum atomic E-state index is -2.35. The van der Waals surface area contributed by atoms with Crippen molar-refractivity contribution in [3.63, 3.8) is 0 Å². The fourth-order valence-electron chi connectivity index (χ4n) is 4.28. The molecule has 34 heavy (non-hydrogen) atoms.